The lowest BCUT2D eigenvalue weighted by Crippen LogP contribution is -2.12. The van der Waals surface area contributed by atoms with Gasteiger partial charge in [0.15, 0.2) is 5.78 Å². The van der Waals surface area contributed by atoms with Gasteiger partial charge in [0.1, 0.15) is 6.10 Å². The van der Waals surface area contributed by atoms with Crippen molar-refractivity contribution in [3.8, 4) is 0 Å². The normalized spacial score (nSPS) is 13.6. The highest BCUT2D eigenvalue weighted by molar-refractivity contribution is 7.74. The fourth-order valence-corrected chi connectivity index (χ4v) is 2.40. The summed E-state index contributed by atoms with van der Waals surface area (Å²) < 4.78 is 24.8. The van der Waals surface area contributed by atoms with Crippen molar-refractivity contribution in [2.75, 3.05) is 0 Å². The Hall–Kier alpha value is -1.53. The first-order chi connectivity index (χ1) is 10.1. The van der Waals surface area contributed by atoms with Gasteiger partial charge in [0.25, 0.3) is 0 Å². The van der Waals surface area contributed by atoms with E-state index in [1.165, 1.54) is 0 Å². The molecule has 0 saturated carbocycles. The van der Waals surface area contributed by atoms with Crippen LogP contribution in [0.5, 0.6) is 0 Å². The molecule has 4 nitrogen and oxygen atoms in total. The molecule has 0 fully saturated rings. The minimum absolute atomic E-state index is 0.0298. The highest BCUT2D eigenvalue weighted by Crippen LogP contribution is 2.24. The van der Waals surface area contributed by atoms with Gasteiger partial charge < -0.3 is 0 Å². The van der Waals surface area contributed by atoms with E-state index < -0.39 is 17.5 Å². The topological polar surface area (TPSA) is 63.6 Å². The van der Waals surface area contributed by atoms with Gasteiger partial charge in [-0.15, -0.1) is 0 Å². The van der Waals surface area contributed by atoms with Crippen LogP contribution in [0.4, 0.5) is 0 Å². The number of carbonyl (C=O) groups is 1. The maximum atomic E-state index is 12.2. The second kappa shape index (κ2) is 7.47. The molecule has 6 heteroatoms. The zero-order chi connectivity index (χ0) is 15.2. The molecule has 0 aromatic heterocycles. The summed E-state index contributed by atoms with van der Waals surface area (Å²) in [7, 11) is 0. The van der Waals surface area contributed by atoms with Crippen molar-refractivity contribution in [2.24, 2.45) is 0 Å². The van der Waals surface area contributed by atoms with Crippen molar-refractivity contribution < 1.29 is 17.7 Å². The Labute approximate surface area is 130 Å². The summed E-state index contributed by atoms with van der Waals surface area (Å²) in [5.74, 6) is -0.189. The summed E-state index contributed by atoms with van der Waals surface area (Å²) >= 11 is 3.33. The van der Waals surface area contributed by atoms with Crippen LogP contribution >= 0.6 is 11.6 Å². The van der Waals surface area contributed by atoms with Gasteiger partial charge in [-0.25, -0.2) is 0 Å². The highest BCUT2D eigenvalue weighted by atomic mass is 35.5. The number of ketones is 1. The highest BCUT2D eigenvalue weighted by Gasteiger charge is 2.20. The molecule has 2 unspecified atom stereocenters. The summed E-state index contributed by atoms with van der Waals surface area (Å²) in [6.07, 6.45) is -0.807. The Bertz CT molecular complexity index is 628. The Morgan fingerprint density at radius 3 is 2.33 bits per heavy atom. The largest absolute Gasteiger partial charge is 0.302 e. The molecule has 1 N–H and O–H groups in total. The molecule has 0 radical (unpaired) electrons. The first kappa shape index (κ1) is 15.9. The van der Waals surface area contributed by atoms with E-state index in [9.17, 15) is 9.00 Å². The summed E-state index contributed by atoms with van der Waals surface area (Å²) in [6.45, 7) is 0. The molecule has 0 amide bonds. The Morgan fingerprint density at radius 1 is 1.14 bits per heavy atom. The maximum absolute atomic E-state index is 12.2. The van der Waals surface area contributed by atoms with Crippen LogP contribution in [0, 0.1) is 0 Å². The lowest BCUT2D eigenvalue weighted by atomic mass is 10.0. The zero-order valence-electron chi connectivity index (χ0n) is 10.9. The lowest BCUT2D eigenvalue weighted by Gasteiger charge is -2.14. The molecule has 2 atom stereocenters. The van der Waals surface area contributed by atoms with E-state index >= 15 is 0 Å². The third kappa shape index (κ3) is 4.75. The maximum Gasteiger partial charge on any atom is 0.302 e. The van der Waals surface area contributed by atoms with Crippen LogP contribution in [0.1, 0.15) is 28.4 Å². The molecule has 21 heavy (non-hydrogen) atoms. The van der Waals surface area contributed by atoms with E-state index in [1.54, 1.807) is 48.5 Å². The van der Waals surface area contributed by atoms with Crippen LogP contribution in [0.3, 0.4) is 0 Å². The minimum Gasteiger partial charge on any atom is -0.294 e. The SMILES string of the molecule is O=C(CC(OS(=O)O)c1ccccc1)c1ccc(Cl)cc1. The van der Waals surface area contributed by atoms with Gasteiger partial charge in [0, 0.05) is 17.0 Å². The fourth-order valence-electron chi connectivity index (χ4n) is 1.90. The van der Waals surface area contributed by atoms with Crippen molar-refractivity contribution in [3.05, 3.63) is 70.7 Å². The number of Topliss-reactive ketones (excluding diaryl/α,β-unsaturated/α-hetero) is 1. The zero-order valence-corrected chi connectivity index (χ0v) is 12.5. The quantitative estimate of drug-likeness (QED) is 0.648. The number of carbonyl (C=O) groups excluding carboxylic acids is 1. The van der Waals surface area contributed by atoms with Crippen molar-refractivity contribution in [1.82, 2.24) is 0 Å². The van der Waals surface area contributed by atoms with Crippen LogP contribution in [0.2, 0.25) is 5.02 Å². The van der Waals surface area contributed by atoms with Gasteiger partial charge in [0.05, 0.1) is 0 Å². The van der Waals surface area contributed by atoms with Gasteiger partial charge in [-0.1, -0.05) is 41.9 Å². The minimum atomic E-state index is -2.45. The monoisotopic (exact) mass is 324 g/mol. The van der Waals surface area contributed by atoms with Crippen molar-refractivity contribution in [3.63, 3.8) is 0 Å². The predicted molar refractivity (Wildman–Crippen MR) is 81.4 cm³/mol. The smallest absolute Gasteiger partial charge is 0.294 e. The molecule has 0 bridgehead atoms. The summed E-state index contributed by atoms with van der Waals surface area (Å²) in [5, 5.41) is 0.541. The predicted octanol–water partition coefficient (Wildman–Crippen LogP) is 3.81. The van der Waals surface area contributed by atoms with Crippen molar-refractivity contribution >= 4 is 28.7 Å². The molecule has 2 aromatic rings. The van der Waals surface area contributed by atoms with E-state index in [0.717, 1.165) is 0 Å². The van der Waals surface area contributed by atoms with Crippen LogP contribution < -0.4 is 0 Å². The van der Waals surface area contributed by atoms with Gasteiger partial charge in [-0.2, -0.15) is 4.21 Å². The second-order valence-electron chi connectivity index (χ2n) is 4.35. The number of rotatable bonds is 6. The number of hydrogen-bond acceptors (Lipinski definition) is 3. The van der Waals surface area contributed by atoms with Gasteiger partial charge in [0.2, 0.25) is 0 Å². The molecule has 0 spiro atoms. The molecule has 0 aliphatic rings. The number of halogens is 1. The molecule has 0 saturated heterocycles. The van der Waals surface area contributed by atoms with Crippen LogP contribution in [-0.2, 0) is 15.5 Å². The molecule has 110 valence electrons. The van der Waals surface area contributed by atoms with Crippen LogP contribution in [0.15, 0.2) is 54.6 Å². The fraction of sp³-hybridized carbons (Fsp3) is 0.133. The van der Waals surface area contributed by atoms with Gasteiger partial charge in [-0.3, -0.25) is 13.5 Å². The van der Waals surface area contributed by atoms with Crippen LogP contribution in [-0.4, -0.2) is 14.5 Å². The molecule has 2 rings (SSSR count). The Balaban J connectivity index is 2.17. The molecule has 0 aliphatic heterocycles. The first-order valence-electron chi connectivity index (χ1n) is 6.18. The van der Waals surface area contributed by atoms with Crippen LogP contribution in [0.25, 0.3) is 0 Å². The van der Waals surface area contributed by atoms with E-state index in [-0.39, 0.29) is 12.2 Å². The Morgan fingerprint density at radius 2 is 1.76 bits per heavy atom. The molecule has 0 heterocycles. The summed E-state index contributed by atoms with van der Waals surface area (Å²) in [4.78, 5) is 12.2. The third-order valence-electron chi connectivity index (χ3n) is 2.91. The van der Waals surface area contributed by atoms with E-state index in [2.05, 4.69) is 0 Å². The van der Waals surface area contributed by atoms with E-state index in [1.807, 2.05) is 6.07 Å². The number of benzene rings is 2. The third-order valence-corrected chi connectivity index (χ3v) is 3.56. The molecular weight excluding hydrogens is 312 g/mol. The lowest BCUT2D eigenvalue weighted by molar-refractivity contribution is 0.0912. The average Bonchev–Trinajstić information content (AvgIpc) is 2.47. The first-order valence-corrected chi connectivity index (χ1v) is 7.59. The second-order valence-corrected chi connectivity index (χ2v) is 5.41. The van der Waals surface area contributed by atoms with E-state index in [4.69, 9.17) is 20.3 Å². The van der Waals surface area contributed by atoms with E-state index in [0.29, 0.717) is 16.1 Å². The van der Waals surface area contributed by atoms with Crippen molar-refractivity contribution in [2.45, 2.75) is 12.5 Å². The number of hydrogen-bond donors (Lipinski definition) is 1. The molecular formula is C15H13ClO4S. The standard InChI is InChI=1S/C15H13ClO4S/c16-13-8-6-11(7-9-13)14(17)10-15(20-21(18)19)12-4-2-1-3-5-12/h1-9,15H,10H2,(H,18,19). The Kier molecular flexibility index (Phi) is 5.64. The van der Waals surface area contributed by atoms with Gasteiger partial charge in [-0.05, 0) is 29.8 Å². The van der Waals surface area contributed by atoms with Gasteiger partial charge >= 0.3 is 11.4 Å². The molecule has 0 aliphatic carbocycles. The summed E-state index contributed by atoms with van der Waals surface area (Å²) in [5.41, 5.74) is 1.15. The average molecular weight is 325 g/mol. The van der Waals surface area contributed by atoms with Crippen molar-refractivity contribution in [1.29, 1.82) is 0 Å². The molecule has 2 aromatic carbocycles. The summed E-state index contributed by atoms with van der Waals surface area (Å²) in [6, 6.07) is 15.3.